The quantitative estimate of drug-likeness (QED) is 0.775. The molecule has 1 heterocycles. The van der Waals surface area contributed by atoms with Crippen LogP contribution in [-0.2, 0) is 0 Å². The van der Waals surface area contributed by atoms with Crippen molar-refractivity contribution < 1.29 is 0 Å². The van der Waals surface area contributed by atoms with E-state index >= 15 is 0 Å². The van der Waals surface area contributed by atoms with Crippen molar-refractivity contribution >= 4 is 0 Å². The van der Waals surface area contributed by atoms with Crippen LogP contribution in [0.25, 0.3) is 0 Å². The minimum atomic E-state index is 0.242. The van der Waals surface area contributed by atoms with Crippen molar-refractivity contribution in [2.45, 2.75) is 83.2 Å². The molecule has 18 heavy (non-hydrogen) atoms. The van der Waals surface area contributed by atoms with Gasteiger partial charge in [0.2, 0.25) is 0 Å². The van der Waals surface area contributed by atoms with E-state index in [0.717, 1.165) is 5.92 Å². The summed E-state index contributed by atoms with van der Waals surface area (Å²) in [6.45, 7) is 7.29. The summed E-state index contributed by atoms with van der Waals surface area (Å²) in [5.74, 6) is 0.762. The van der Waals surface area contributed by atoms with Crippen LogP contribution in [0.15, 0.2) is 0 Å². The Morgan fingerprint density at radius 3 is 2.11 bits per heavy atom. The Kier molecular flexibility index (Phi) is 5.08. The zero-order chi connectivity index (χ0) is 13.0. The van der Waals surface area contributed by atoms with E-state index in [-0.39, 0.29) is 5.54 Å². The van der Waals surface area contributed by atoms with E-state index < -0.39 is 0 Å². The Hall–Kier alpha value is -0.0800. The Morgan fingerprint density at radius 1 is 1.06 bits per heavy atom. The molecular formula is C16H32N2. The number of hydrogen-bond acceptors (Lipinski definition) is 2. The van der Waals surface area contributed by atoms with E-state index in [9.17, 15) is 0 Å². The molecule has 2 heteroatoms. The first-order chi connectivity index (χ1) is 8.68. The number of hydrogen-bond donors (Lipinski definition) is 1. The molecule has 0 radical (unpaired) electrons. The summed E-state index contributed by atoms with van der Waals surface area (Å²) in [7, 11) is 0. The summed E-state index contributed by atoms with van der Waals surface area (Å²) in [4.78, 5) is 2.68. The lowest BCUT2D eigenvalue weighted by atomic mass is 9.77. The molecule has 2 unspecified atom stereocenters. The molecule has 2 N–H and O–H groups in total. The summed E-state index contributed by atoms with van der Waals surface area (Å²) >= 11 is 0. The first-order valence-electron chi connectivity index (χ1n) is 8.19. The number of nitrogens with two attached hydrogens (primary N) is 1. The lowest BCUT2D eigenvalue weighted by Gasteiger charge is -2.46. The third-order valence-electron chi connectivity index (χ3n) is 5.67. The SMILES string of the molecule is CCC(C)(C(N)C1CCCCCC1)N1CCCC1. The molecular weight excluding hydrogens is 220 g/mol. The number of nitrogens with zero attached hydrogens (tertiary/aromatic N) is 1. The third kappa shape index (κ3) is 2.91. The molecule has 0 bridgehead atoms. The average Bonchev–Trinajstić information content (AvgIpc) is 2.80. The Labute approximate surface area is 113 Å². The molecule has 106 valence electrons. The molecule has 1 aliphatic heterocycles. The van der Waals surface area contributed by atoms with Gasteiger partial charge in [-0.25, -0.2) is 0 Å². The van der Waals surface area contributed by atoms with Gasteiger partial charge >= 0.3 is 0 Å². The highest BCUT2D eigenvalue weighted by atomic mass is 15.2. The van der Waals surface area contributed by atoms with Crippen LogP contribution in [-0.4, -0.2) is 29.6 Å². The van der Waals surface area contributed by atoms with Crippen molar-refractivity contribution in [1.29, 1.82) is 0 Å². The lowest BCUT2D eigenvalue weighted by molar-refractivity contribution is 0.0712. The lowest BCUT2D eigenvalue weighted by Crippen LogP contribution is -2.59. The molecule has 2 fully saturated rings. The van der Waals surface area contributed by atoms with Gasteiger partial charge in [-0.2, -0.15) is 0 Å². The van der Waals surface area contributed by atoms with Crippen LogP contribution in [0.2, 0.25) is 0 Å². The van der Waals surface area contributed by atoms with Gasteiger partial charge in [0, 0.05) is 11.6 Å². The summed E-state index contributed by atoms with van der Waals surface area (Å²) in [6, 6.07) is 0.374. The first kappa shape index (κ1) is 14.3. The van der Waals surface area contributed by atoms with Crippen LogP contribution in [0.5, 0.6) is 0 Å². The van der Waals surface area contributed by atoms with Gasteiger partial charge in [0.15, 0.2) is 0 Å². The Bertz CT molecular complexity index is 239. The summed E-state index contributed by atoms with van der Waals surface area (Å²) in [5.41, 5.74) is 6.99. The fourth-order valence-corrected chi connectivity index (χ4v) is 4.08. The monoisotopic (exact) mass is 252 g/mol. The molecule has 1 saturated carbocycles. The standard InChI is InChI=1S/C16H32N2/c1-3-16(2,18-12-8-9-13-18)15(17)14-10-6-4-5-7-11-14/h14-15H,3-13,17H2,1-2H3. The van der Waals surface area contributed by atoms with Gasteiger partial charge in [-0.1, -0.05) is 32.6 Å². The largest absolute Gasteiger partial charge is 0.326 e. The second-order valence-electron chi connectivity index (χ2n) is 6.68. The molecule has 0 aromatic carbocycles. The van der Waals surface area contributed by atoms with Gasteiger partial charge in [0.25, 0.3) is 0 Å². The zero-order valence-electron chi connectivity index (χ0n) is 12.5. The highest BCUT2D eigenvalue weighted by Crippen LogP contribution is 2.35. The fraction of sp³-hybridized carbons (Fsp3) is 1.00. The van der Waals surface area contributed by atoms with Gasteiger partial charge in [0.05, 0.1) is 0 Å². The molecule has 2 atom stereocenters. The second-order valence-corrected chi connectivity index (χ2v) is 6.68. The second kappa shape index (κ2) is 6.38. The van der Waals surface area contributed by atoms with Crippen LogP contribution in [0.3, 0.4) is 0 Å². The highest BCUT2D eigenvalue weighted by Gasteiger charge is 2.40. The van der Waals surface area contributed by atoms with Crippen molar-refractivity contribution in [2.24, 2.45) is 11.7 Å². The van der Waals surface area contributed by atoms with E-state index in [1.165, 1.54) is 70.9 Å². The van der Waals surface area contributed by atoms with Crippen molar-refractivity contribution in [2.75, 3.05) is 13.1 Å². The zero-order valence-corrected chi connectivity index (χ0v) is 12.5. The van der Waals surface area contributed by atoms with Gasteiger partial charge in [-0.3, -0.25) is 4.90 Å². The van der Waals surface area contributed by atoms with E-state index in [0.29, 0.717) is 6.04 Å². The Balaban J connectivity index is 2.04. The third-order valence-corrected chi connectivity index (χ3v) is 5.67. The van der Waals surface area contributed by atoms with Crippen LogP contribution in [0.1, 0.15) is 71.6 Å². The number of rotatable bonds is 4. The van der Waals surface area contributed by atoms with Gasteiger partial charge in [-0.05, 0) is 58.0 Å². The highest BCUT2D eigenvalue weighted by molar-refractivity contribution is 4.99. The summed E-state index contributed by atoms with van der Waals surface area (Å²) in [6.07, 6.45) is 12.3. The van der Waals surface area contributed by atoms with Crippen molar-refractivity contribution in [3.05, 3.63) is 0 Å². The van der Waals surface area contributed by atoms with E-state index in [2.05, 4.69) is 18.7 Å². The van der Waals surface area contributed by atoms with Gasteiger partial charge in [0.1, 0.15) is 0 Å². The molecule has 0 aromatic heterocycles. The number of likely N-dealkylation sites (tertiary alicyclic amines) is 1. The van der Waals surface area contributed by atoms with Gasteiger partial charge < -0.3 is 5.73 Å². The minimum Gasteiger partial charge on any atom is -0.326 e. The molecule has 2 nitrogen and oxygen atoms in total. The molecule has 0 spiro atoms. The fourth-order valence-electron chi connectivity index (χ4n) is 4.08. The molecule has 1 saturated heterocycles. The maximum absolute atomic E-state index is 6.75. The van der Waals surface area contributed by atoms with Crippen molar-refractivity contribution in [1.82, 2.24) is 4.90 Å². The molecule has 1 aliphatic carbocycles. The molecule has 0 aromatic rings. The maximum atomic E-state index is 6.75. The van der Waals surface area contributed by atoms with E-state index in [1.54, 1.807) is 0 Å². The summed E-state index contributed by atoms with van der Waals surface area (Å²) in [5, 5.41) is 0. The molecule has 2 rings (SSSR count). The normalized spacial score (nSPS) is 28.8. The Morgan fingerprint density at radius 2 is 1.61 bits per heavy atom. The topological polar surface area (TPSA) is 29.3 Å². The predicted molar refractivity (Wildman–Crippen MR) is 78.7 cm³/mol. The summed E-state index contributed by atoms with van der Waals surface area (Å²) < 4.78 is 0. The van der Waals surface area contributed by atoms with Crippen molar-refractivity contribution in [3.63, 3.8) is 0 Å². The molecule has 0 amide bonds. The van der Waals surface area contributed by atoms with Crippen LogP contribution >= 0.6 is 0 Å². The van der Waals surface area contributed by atoms with E-state index in [4.69, 9.17) is 5.73 Å². The van der Waals surface area contributed by atoms with Gasteiger partial charge in [-0.15, -0.1) is 0 Å². The average molecular weight is 252 g/mol. The smallest absolute Gasteiger partial charge is 0.0332 e. The van der Waals surface area contributed by atoms with E-state index in [1.807, 2.05) is 0 Å². The maximum Gasteiger partial charge on any atom is 0.0332 e. The van der Waals surface area contributed by atoms with Crippen molar-refractivity contribution in [3.8, 4) is 0 Å². The van der Waals surface area contributed by atoms with Crippen LogP contribution in [0, 0.1) is 5.92 Å². The predicted octanol–water partition coefficient (Wildman–Crippen LogP) is 3.55. The van der Waals surface area contributed by atoms with Crippen LogP contribution in [0.4, 0.5) is 0 Å². The minimum absolute atomic E-state index is 0.242. The molecule has 2 aliphatic rings. The first-order valence-corrected chi connectivity index (χ1v) is 8.19. The van der Waals surface area contributed by atoms with Crippen LogP contribution < -0.4 is 5.73 Å².